The Morgan fingerprint density at radius 3 is 2.29 bits per heavy atom. The van der Waals surface area contributed by atoms with Crippen molar-refractivity contribution in [2.45, 2.75) is 31.3 Å². The smallest absolute Gasteiger partial charge is 0.371 e. The van der Waals surface area contributed by atoms with Crippen LogP contribution in [0, 0.1) is 12.8 Å². The molecule has 4 rings (SSSR count). The molecule has 2 unspecified atom stereocenters. The van der Waals surface area contributed by atoms with Gasteiger partial charge >= 0.3 is 6.18 Å². The summed E-state index contributed by atoms with van der Waals surface area (Å²) in [5.74, 6) is -0.679. The zero-order valence-electron chi connectivity index (χ0n) is 17.5. The van der Waals surface area contributed by atoms with E-state index in [2.05, 4.69) is 5.16 Å². The number of hydrogen-bond donors (Lipinski definition) is 0. The van der Waals surface area contributed by atoms with Crippen LogP contribution in [-0.2, 0) is 20.3 Å². The average molecular weight is 538 g/mol. The van der Waals surface area contributed by atoms with Crippen LogP contribution in [-0.4, -0.2) is 43.8 Å². The molecule has 2 heterocycles. The van der Waals surface area contributed by atoms with Gasteiger partial charge in [-0.25, -0.2) is 12.8 Å². The van der Waals surface area contributed by atoms with Crippen molar-refractivity contribution in [3.63, 3.8) is 0 Å². The minimum absolute atomic E-state index is 0.00650. The van der Waals surface area contributed by atoms with Gasteiger partial charge in [0.05, 0.1) is 11.5 Å². The number of aryl methyl sites for hydroxylation is 1. The number of Topliss-reactive ketones (excluding diaryl/α,β-unsaturated/α-hetero) is 1. The first kappa shape index (κ1) is 24.9. The third-order valence-electron chi connectivity index (χ3n) is 5.87. The number of halogens is 6. The first-order chi connectivity index (χ1) is 15.7. The highest BCUT2D eigenvalue weighted by Gasteiger charge is 2.69. The van der Waals surface area contributed by atoms with Crippen molar-refractivity contribution in [1.82, 2.24) is 0 Å². The summed E-state index contributed by atoms with van der Waals surface area (Å²) in [6.07, 6.45) is -7.93. The van der Waals surface area contributed by atoms with Crippen molar-refractivity contribution in [1.29, 1.82) is 0 Å². The lowest BCUT2D eigenvalue weighted by Crippen LogP contribution is -2.50. The highest BCUT2D eigenvalue weighted by molar-refractivity contribution is 7.92. The molecule has 2 aromatic carbocycles. The Morgan fingerprint density at radius 1 is 1.15 bits per heavy atom. The molecule has 0 N–H and O–H groups in total. The molecule has 2 atom stereocenters. The van der Waals surface area contributed by atoms with Crippen LogP contribution in [0.2, 0.25) is 10.0 Å². The standard InChI is InChI=1S/C22H17Cl2F4NO4S/c1-11-4-13(2-3-17(11)18(30)5-12-9-34(31,32)10-12)19-20(25)21(33-29-19,22(26,27)28)14-6-15(23)8-16(24)7-14/h2-4,6-8,12,20H,5,9-10H2,1H3. The maximum atomic E-state index is 15.5. The summed E-state index contributed by atoms with van der Waals surface area (Å²) in [6.45, 7) is 1.55. The molecule has 0 amide bonds. The van der Waals surface area contributed by atoms with Gasteiger partial charge in [0.15, 0.2) is 15.6 Å². The molecule has 0 aromatic heterocycles. The molecule has 12 heteroatoms. The van der Waals surface area contributed by atoms with Gasteiger partial charge in [-0.15, -0.1) is 0 Å². The molecule has 2 aliphatic heterocycles. The maximum Gasteiger partial charge on any atom is 0.438 e. The molecule has 0 aliphatic carbocycles. The molecule has 0 bridgehead atoms. The molecule has 1 fully saturated rings. The van der Waals surface area contributed by atoms with Gasteiger partial charge < -0.3 is 4.84 Å². The first-order valence-electron chi connectivity index (χ1n) is 10.0. The maximum absolute atomic E-state index is 15.5. The monoisotopic (exact) mass is 537 g/mol. The number of rotatable bonds is 5. The fourth-order valence-electron chi connectivity index (χ4n) is 4.23. The van der Waals surface area contributed by atoms with E-state index < -0.39 is 39.1 Å². The highest BCUT2D eigenvalue weighted by Crippen LogP contribution is 2.51. The van der Waals surface area contributed by atoms with Crippen LogP contribution in [0.25, 0.3) is 0 Å². The summed E-state index contributed by atoms with van der Waals surface area (Å²) in [6, 6.07) is 7.03. The van der Waals surface area contributed by atoms with Crippen LogP contribution >= 0.6 is 23.2 Å². The molecular formula is C22H17Cl2F4NO4S. The zero-order chi connectivity index (χ0) is 25.1. The Kier molecular flexibility index (Phi) is 6.23. The van der Waals surface area contributed by atoms with Gasteiger partial charge in [-0.1, -0.05) is 40.5 Å². The molecule has 0 spiro atoms. The summed E-state index contributed by atoms with van der Waals surface area (Å²) in [5, 5.41) is 3.17. The van der Waals surface area contributed by atoms with E-state index in [-0.39, 0.29) is 50.8 Å². The number of carbonyl (C=O) groups is 1. The summed E-state index contributed by atoms with van der Waals surface area (Å²) in [7, 11) is -3.08. The van der Waals surface area contributed by atoms with Gasteiger partial charge in [0, 0.05) is 33.2 Å². The van der Waals surface area contributed by atoms with Crippen LogP contribution in [0.1, 0.15) is 33.5 Å². The molecule has 0 radical (unpaired) electrons. The van der Waals surface area contributed by atoms with Crippen LogP contribution in [0.15, 0.2) is 41.6 Å². The van der Waals surface area contributed by atoms with Gasteiger partial charge in [0.2, 0.25) is 6.17 Å². The molecule has 0 saturated carbocycles. The molecular weight excluding hydrogens is 521 g/mol. The van der Waals surface area contributed by atoms with E-state index in [1.54, 1.807) is 6.92 Å². The van der Waals surface area contributed by atoms with E-state index in [4.69, 9.17) is 28.0 Å². The van der Waals surface area contributed by atoms with E-state index in [1.807, 2.05) is 0 Å². The van der Waals surface area contributed by atoms with Crippen molar-refractivity contribution in [2.24, 2.45) is 11.1 Å². The fourth-order valence-corrected chi connectivity index (χ4v) is 6.33. The molecule has 34 heavy (non-hydrogen) atoms. The quantitative estimate of drug-likeness (QED) is 0.375. The average Bonchev–Trinajstić information content (AvgIpc) is 3.03. The lowest BCUT2D eigenvalue weighted by atomic mass is 9.84. The number of oxime groups is 1. The summed E-state index contributed by atoms with van der Waals surface area (Å²) < 4.78 is 80.6. The van der Waals surface area contributed by atoms with Crippen molar-refractivity contribution in [2.75, 3.05) is 11.5 Å². The Morgan fingerprint density at radius 2 is 1.76 bits per heavy atom. The van der Waals surface area contributed by atoms with Gasteiger partial charge in [-0.05, 0) is 42.7 Å². The van der Waals surface area contributed by atoms with Gasteiger partial charge in [-0.3, -0.25) is 4.79 Å². The number of hydrogen-bond acceptors (Lipinski definition) is 5. The van der Waals surface area contributed by atoms with Gasteiger partial charge in [0.25, 0.3) is 5.60 Å². The van der Waals surface area contributed by atoms with Crippen molar-refractivity contribution >= 4 is 44.5 Å². The second-order valence-electron chi connectivity index (χ2n) is 8.42. The molecule has 2 aliphatic rings. The Bertz CT molecular complexity index is 1280. The number of carbonyl (C=O) groups excluding carboxylic acids is 1. The topological polar surface area (TPSA) is 72.8 Å². The van der Waals surface area contributed by atoms with E-state index in [1.165, 1.54) is 24.3 Å². The van der Waals surface area contributed by atoms with Crippen LogP contribution in [0.5, 0.6) is 0 Å². The third-order valence-corrected chi connectivity index (χ3v) is 8.27. The first-order valence-corrected chi connectivity index (χ1v) is 12.6. The SMILES string of the molecule is Cc1cc(C2=NOC(c3cc(Cl)cc(Cl)c3)(C(F)(F)F)C2F)ccc1C(=O)CC1CS(=O)(=O)C1. The van der Waals surface area contributed by atoms with Crippen molar-refractivity contribution in [3.05, 3.63) is 68.7 Å². The fraction of sp³-hybridized carbons (Fsp3) is 0.364. The predicted molar refractivity (Wildman–Crippen MR) is 119 cm³/mol. The number of sulfone groups is 1. The summed E-state index contributed by atoms with van der Waals surface area (Å²) in [5.41, 5.74) is -4.02. The van der Waals surface area contributed by atoms with Gasteiger partial charge in [0.1, 0.15) is 5.71 Å². The molecule has 5 nitrogen and oxygen atoms in total. The van der Waals surface area contributed by atoms with Crippen LogP contribution in [0.3, 0.4) is 0 Å². The van der Waals surface area contributed by atoms with Gasteiger partial charge in [-0.2, -0.15) is 13.2 Å². The lowest BCUT2D eigenvalue weighted by Gasteiger charge is -2.31. The lowest BCUT2D eigenvalue weighted by molar-refractivity contribution is -0.289. The predicted octanol–water partition coefficient (Wildman–Crippen LogP) is 5.45. The Labute approximate surface area is 202 Å². The van der Waals surface area contributed by atoms with Crippen LogP contribution in [0.4, 0.5) is 17.6 Å². The zero-order valence-corrected chi connectivity index (χ0v) is 19.8. The minimum Gasteiger partial charge on any atom is -0.371 e. The van der Waals surface area contributed by atoms with E-state index >= 15 is 4.39 Å². The number of benzene rings is 2. The molecule has 1 saturated heterocycles. The van der Waals surface area contributed by atoms with E-state index in [0.29, 0.717) is 5.56 Å². The van der Waals surface area contributed by atoms with E-state index in [0.717, 1.165) is 12.1 Å². The third kappa shape index (κ3) is 4.31. The largest absolute Gasteiger partial charge is 0.438 e. The van der Waals surface area contributed by atoms with E-state index in [9.17, 15) is 26.4 Å². The number of nitrogens with zero attached hydrogens (tertiary/aromatic N) is 1. The second kappa shape index (κ2) is 8.49. The Balaban J connectivity index is 1.63. The normalized spacial score (nSPS) is 24.3. The second-order valence-corrected chi connectivity index (χ2v) is 11.4. The van der Waals surface area contributed by atoms with Crippen molar-refractivity contribution in [3.8, 4) is 0 Å². The number of ketones is 1. The summed E-state index contributed by atoms with van der Waals surface area (Å²) >= 11 is 11.7. The Hall–Kier alpha value is -2.17. The number of alkyl halides is 4. The van der Waals surface area contributed by atoms with Crippen LogP contribution < -0.4 is 0 Å². The van der Waals surface area contributed by atoms with Crippen molar-refractivity contribution < 1.29 is 35.6 Å². The summed E-state index contributed by atoms with van der Waals surface area (Å²) in [4.78, 5) is 17.3. The highest BCUT2D eigenvalue weighted by atomic mass is 35.5. The molecule has 2 aromatic rings. The molecule has 182 valence electrons. The minimum atomic E-state index is -5.21.